The molecule has 142 valence electrons. The Labute approximate surface area is 160 Å². The second-order valence-corrected chi connectivity index (χ2v) is 7.50. The highest BCUT2D eigenvalue weighted by molar-refractivity contribution is 8.13. The highest BCUT2D eigenvalue weighted by atomic mass is 32.2. The molecule has 0 spiro atoms. The first-order valence-corrected chi connectivity index (χ1v) is 9.27. The number of hydrogen-bond donors (Lipinski definition) is 2. The lowest BCUT2D eigenvalue weighted by Gasteiger charge is -2.30. The van der Waals surface area contributed by atoms with Crippen LogP contribution in [0.25, 0.3) is 0 Å². The molecule has 1 aromatic heterocycles. The highest BCUT2D eigenvalue weighted by Crippen LogP contribution is 2.36. The molecule has 1 aliphatic heterocycles. The Morgan fingerprint density at radius 1 is 1.41 bits per heavy atom. The van der Waals surface area contributed by atoms with E-state index in [0.717, 1.165) is 5.75 Å². The van der Waals surface area contributed by atoms with Crippen molar-refractivity contribution in [1.29, 1.82) is 0 Å². The molecule has 2 aromatic rings. The number of ether oxygens (including phenoxy) is 1. The monoisotopic (exact) mass is 389 g/mol. The molecule has 0 saturated heterocycles. The van der Waals surface area contributed by atoms with E-state index in [9.17, 15) is 9.18 Å². The van der Waals surface area contributed by atoms with Crippen molar-refractivity contribution in [2.45, 2.75) is 25.3 Å². The minimum Gasteiger partial charge on any atom is -0.480 e. The van der Waals surface area contributed by atoms with Crippen molar-refractivity contribution < 1.29 is 13.9 Å². The van der Waals surface area contributed by atoms with Crippen molar-refractivity contribution in [1.82, 2.24) is 9.97 Å². The van der Waals surface area contributed by atoms with E-state index in [1.807, 2.05) is 6.92 Å². The first kappa shape index (κ1) is 19.1. The third-order valence-corrected chi connectivity index (χ3v) is 5.22. The van der Waals surface area contributed by atoms with Crippen LogP contribution in [0, 0.1) is 5.82 Å². The van der Waals surface area contributed by atoms with Crippen LogP contribution in [0.15, 0.2) is 29.4 Å². The van der Waals surface area contributed by atoms with Crippen LogP contribution in [0.3, 0.4) is 0 Å². The molecule has 7 nitrogen and oxygen atoms in total. The Hall–Kier alpha value is -2.68. The Balaban J connectivity index is 1.88. The Kier molecular flexibility index (Phi) is 5.31. The van der Waals surface area contributed by atoms with Gasteiger partial charge >= 0.3 is 0 Å². The van der Waals surface area contributed by atoms with Gasteiger partial charge in [-0.05, 0) is 31.0 Å². The first-order chi connectivity index (χ1) is 12.8. The van der Waals surface area contributed by atoms with Crippen LogP contribution in [0.2, 0.25) is 0 Å². The van der Waals surface area contributed by atoms with Gasteiger partial charge in [-0.25, -0.2) is 9.37 Å². The van der Waals surface area contributed by atoms with Crippen molar-refractivity contribution in [3.05, 3.63) is 47.0 Å². The average molecular weight is 389 g/mol. The number of thioether (sulfide) groups is 1. The van der Waals surface area contributed by atoms with Crippen molar-refractivity contribution in [3.8, 4) is 5.88 Å². The van der Waals surface area contributed by atoms with Gasteiger partial charge in [-0.3, -0.25) is 9.79 Å². The van der Waals surface area contributed by atoms with E-state index >= 15 is 0 Å². The molecule has 2 heterocycles. The van der Waals surface area contributed by atoms with Crippen LogP contribution in [0.4, 0.5) is 10.2 Å². The van der Waals surface area contributed by atoms with Gasteiger partial charge < -0.3 is 16.2 Å². The zero-order valence-corrected chi connectivity index (χ0v) is 15.8. The van der Waals surface area contributed by atoms with Crippen molar-refractivity contribution in [2.24, 2.45) is 10.7 Å². The molecule has 1 aliphatic rings. The van der Waals surface area contributed by atoms with Gasteiger partial charge in [0.2, 0.25) is 5.88 Å². The summed E-state index contributed by atoms with van der Waals surface area (Å²) < 4.78 is 19.4. The minimum atomic E-state index is -0.753. The summed E-state index contributed by atoms with van der Waals surface area (Å²) in [6, 6.07) is 4.57. The van der Waals surface area contributed by atoms with Gasteiger partial charge in [0.15, 0.2) is 16.8 Å². The summed E-state index contributed by atoms with van der Waals surface area (Å²) in [6.07, 6.45) is 2.00. The molecule has 4 N–H and O–H groups in total. The summed E-state index contributed by atoms with van der Waals surface area (Å²) in [5.74, 6) is 0.294. The van der Waals surface area contributed by atoms with Gasteiger partial charge in [0, 0.05) is 17.7 Å². The van der Waals surface area contributed by atoms with E-state index < -0.39 is 5.54 Å². The topological polar surface area (TPSA) is 116 Å². The van der Waals surface area contributed by atoms with E-state index in [4.69, 9.17) is 16.2 Å². The molecule has 0 bridgehead atoms. The minimum absolute atomic E-state index is 0.00433. The molecule has 0 aliphatic carbocycles. The summed E-state index contributed by atoms with van der Waals surface area (Å²) in [7, 11) is 1.44. The Morgan fingerprint density at radius 3 is 2.85 bits per heavy atom. The number of carbonyl (C=O) groups is 1. The molecular formula is C18H20FN5O2S. The number of halogens is 1. The highest BCUT2D eigenvalue weighted by Gasteiger charge is 2.32. The van der Waals surface area contributed by atoms with Crippen molar-refractivity contribution in [2.75, 3.05) is 18.6 Å². The number of anilines is 1. The van der Waals surface area contributed by atoms with E-state index in [2.05, 4.69) is 15.0 Å². The maximum atomic E-state index is 14.5. The number of rotatable bonds is 5. The standard InChI is InChI=1S/C18H20FN5O2S/c1-18(5-6-27-17(21)24-18)11-7-10(3-4-12(11)19)8-13(25)15-16(20)23-14(26-2)9-22-15/h3-4,7,9H,5-6,8H2,1-2H3,(H2,20,23)(H2,21,24). The molecule has 0 amide bonds. The number of nitrogens with two attached hydrogens (primary N) is 2. The number of hydrogen-bond acceptors (Lipinski definition) is 8. The average Bonchev–Trinajstić information content (AvgIpc) is 2.62. The maximum Gasteiger partial charge on any atom is 0.234 e. The molecule has 1 atom stereocenters. The fourth-order valence-corrected chi connectivity index (χ4v) is 3.92. The molecule has 1 aromatic carbocycles. The molecule has 0 saturated carbocycles. The number of aliphatic imine (C=N–C) groups is 1. The third-order valence-electron chi connectivity index (χ3n) is 4.42. The fourth-order valence-electron chi connectivity index (χ4n) is 2.94. The molecule has 9 heteroatoms. The van der Waals surface area contributed by atoms with Gasteiger partial charge in [-0.2, -0.15) is 4.98 Å². The number of benzene rings is 1. The number of Topliss-reactive ketones (excluding diaryl/α,β-unsaturated/α-hetero) is 1. The quantitative estimate of drug-likeness (QED) is 0.754. The number of methoxy groups -OCH3 is 1. The molecule has 0 radical (unpaired) electrons. The lowest BCUT2D eigenvalue weighted by molar-refractivity contribution is 0.0988. The second kappa shape index (κ2) is 7.51. The second-order valence-electron chi connectivity index (χ2n) is 6.38. The number of nitrogen functional groups attached to an aromatic ring is 1. The third kappa shape index (κ3) is 4.02. The van der Waals surface area contributed by atoms with Crippen LogP contribution in [0.1, 0.15) is 35.0 Å². The number of carbonyl (C=O) groups excluding carboxylic acids is 1. The number of amidine groups is 1. The van der Waals surface area contributed by atoms with Gasteiger partial charge in [0.05, 0.1) is 18.8 Å². The Morgan fingerprint density at radius 2 is 2.19 bits per heavy atom. The summed E-state index contributed by atoms with van der Waals surface area (Å²) in [6.45, 7) is 1.84. The van der Waals surface area contributed by atoms with Gasteiger partial charge in [-0.15, -0.1) is 0 Å². The van der Waals surface area contributed by atoms with Crippen molar-refractivity contribution in [3.63, 3.8) is 0 Å². The van der Waals surface area contributed by atoms with Crippen molar-refractivity contribution >= 4 is 28.5 Å². The first-order valence-electron chi connectivity index (χ1n) is 8.29. The normalized spacial score (nSPS) is 19.4. The molecular weight excluding hydrogens is 369 g/mol. The lowest BCUT2D eigenvalue weighted by atomic mass is 9.87. The molecule has 3 rings (SSSR count). The van der Waals surface area contributed by atoms with E-state index in [1.165, 1.54) is 31.1 Å². The smallest absolute Gasteiger partial charge is 0.234 e. The fraction of sp³-hybridized carbons (Fsp3) is 0.333. The summed E-state index contributed by atoms with van der Waals surface area (Å²) in [5.41, 5.74) is 12.0. The van der Waals surface area contributed by atoms with Gasteiger partial charge in [-0.1, -0.05) is 17.8 Å². The zero-order valence-electron chi connectivity index (χ0n) is 15.0. The molecule has 1 unspecified atom stereocenters. The molecule has 27 heavy (non-hydrogen) atoms. The summed E-state index contributed by atoms with van der Waals surface area (Å²) in [5, 5.41) is 0.436. The Bertz CT molecular complexity index is 921. The predicted molar refractivity (Wildman–Crippen MR) is 103 cm³/mol. The number of aromatic nitrogens is 2. The van der Waals surface area contributed by atoms with E-state index in [-0.39, 0.29) is 35.4 Å². The maximum absolute atomic E-state index is 14.5. The number of nitrogens with zero attached hydrogens (tertiary/aromatic N) is 3. The van der Waals surface area contributed by atoms with Gasteiger partial charge in [0.1, 0.15) is 11.5 Å². The zero-order chi connectivity index (χ0) is 19.6. The van der Waals surface area contributed by atoms with Crippen LogP contribution >= 0.6 is 11.8 Å². The summed E-state index contributed by atoms with van der Waals surface area (Å²) >= 11 is 1.45. The van der Waals surface area contributed by atoms with Crippen LogP contribution in [-0.2, 0) is 12.0 Å². The predicted octanol–water partition coefficient (Wildman–Crippen LogP) is 2.30. The van der Waals surface area contributed by atoms with Crippen LogP contribution in [0.5, 0.6) is 5.88 Å². The molecule has 0 fully saturated rings. The lowest BCUT2D eigenvalue weighted by Crippen LogP contribution is -2.29. The van der Waals surface area contributed by atoms with Gasteiger partial charge in [0.25, 0.3) is 0 Å². The SMILES string of the molecule is COc1cnc(C(=O)Cc2ccc(F)c(C3(C)CCSC(N)=N3)c2)c(N)n1. The van der Waals surface area contributed by atoms with E-state index in [0.29, 0.717) is 22.7 Å². The van der Waals surface area contributed by atoms with Crippen LogP contribution < -0.4 is 16.2 Å². The van der Waals surface area contributed by atoms with E-state index in [1.54, 1.807) is 12.1 Å². The largest absolute Gasteiger partial charge is 0.480 e. The summed E-state index contributed by atoms with van der Waals surface area (Å²) in [4.78, 5) is 25.0. The van der Waals surface area contributed by atoms with Crippen LogP contribution in [-0.4, -0.2) is 33.8 Å². The number of ketones is 1.